The molecular formula is C9H16N2. The molecule has 0 spiro atoms. The molecule has 3 unspecified atom stereocenters. The summed E-state index contributed by atoms with van der Waals surface area (Å²) < 4.78 is 0. The minimum absolute atomic E-state index is 0.638. The molecule has 2 fully saturated rings. The largest absolute Gasteiger partial charge is 0.387 e. The van der Waals surface area contributed by atoms with Crippen molar-refractivity contribution >= 4 is 5.84 Å². The van der Waals surface area contributed by atoms with Crippen LogP contribution in [0, 0.1) is 17.8 Å². The molecule has 0 aromatic carbocycles. The van der Waals surface area contributed by atoms with E-state index in [4.69, 9.17) is 5.73 Å². The molecule has 0 heterocycles. The second kappa shape index (κ2) is 2.50. The zero-order valence-corrected chi connectivity index (χ0v) is 7.09. The van der Waals surface area contributed by atoms with Gasteiger partial charge in [0.05, 0.1) is 5.84 Å². The van der Waals surface area contributed by atoms with Crippen molar-refractivity contribution in [1.82, 2.24) is 0 Å². The summed E-state index contributed by atoms with van der Waals surface area (Å²) >= 11 is 0. The molecule has 2 N–H and O–H groups in total. The van der Waals surface area contributed by atoms with Crippen molar-refractivity contribution in [3.63, 3.8) is 0 Å². The molecule has 0 radical (unpaired) electrons. The quantitative estimate of drug-likeness (QED) is 0.448. The van der Waals surface area contributed by atoms with Gasteiger partial charge in [0, 0.05) is 13.0 Å². The third kappa shape index (κ3) is 1.05. The van der Waals surface area contributed by atoms with Gasteiger partial charge < -0.3 is 5.73 Å². The Labute approximate surface area is 67.9 Å². The van der Waals surface area contributed by atoms with Crippen LogP contribution < -0.4 is 5.73 Å². The van der Waals surface area contributed by atoms with Crippen molar-refractivity contribution in [3.05, 3.63) is 0 Å². The first-order valence-electron chi connectivity index (χ1n) is 4.53. The van der Waals surface area contributed by atoms with Gasteiger partial charge in [-0.25, -0.2) is 0 Å². The highest BCUT2D eigenvalue weighted by Gasteiger charge is 2.40. The molecule has 2 aliphatic rings. The first-order chi connectivity index (χ1) is 5.31. The first kappa shape index (κ1) is 7.14. The van der Waals surface area contributed by atoms with E-state index in [0.29, 0.717) is 5.92 Å². The molecule has 62 valence electrons. The predicted molar refractivity (Wildman–Crippen MR) is 46.5 cm³/mol. The fraction of sp³-hybridized carbons (Fsp3) is 0.889. The number of nitrogens with two attached hydrogens (primary N) is 1. The summed E-state index contributed by atoms with van der Waals surface area (Å²) in [5.74, 6) is 3.39. The predicted octanol–water partition coefficient (Wildman–Crippen LogP) is 1.41. The molecule has 0 amide bonds. The number of rotatable bonds is 1. The summed E-state index contributed by atoms with van der Waals surface area (Å²) in [7, 11) is 1.81. The van der Waals surface area contributed by atoms with E-state index in [-0.39, 0.29) is 0 Å². The first-order valence-corrected chi connectivity index (χ1v) is 4.53. The van der Waals surface area contributed by atoms with E-state index in [1.54, 1.807) is 7.05 Å². The van der Waals surface area contributed by atoms with Crippen LogP contribution in [0.4, 0.5) is 0 Å². The van der Waals surface area contributed by atoms with Crippen LogP contribution in [0.15, 0.2) is 4.99 Å². The van der Waals surface area contributed by atoms with Gasteiger partial charge in [-0.1, -0.05) is 6.42 Å². The van der Waals surface area contributed by atoms with Crippen molar-refractivity contribution in [2.24, 2.45) is 28.5 Å². The van der Waals surface area contributed by atoms with E-state index < -0.39 is 0 Å². The van der Waals surface area contributed by atoms with E-state index in [1.165, 1.54) is 25.7 Å². The van der Waals surface area contributed by atoms with Crippen molar-refractivity contribution in [3.8, 4) is 0 Å². The molecule has 2 rings (SSSR count). The standard InChI is InChI=1S/C9H16N2/c1-11-9(10)8-5-6-2-3-7(8)4-6/h6-8H,2-5H2,1H3,(H2,10,11). The summed E-state index contributed by atoms with van der Waals surface area (Å²) in [6.45, 7) is 0. The third-order valence-electron chi connectivity index (χ3n) is 3.38. The fourth-order valence-electron chi connectivity index (χ4n) is 2.77. The Hall–Kier alpha value is -0.530. The van der Waals surface area contributed by atoms with Crippen LogP contribution in [0.2, 0.25) is 0 Å². The number of aliphatic imine (C=N–C) groups is 1. The molecule has 0 saturated heterocycles. The molecule has 2 bridgehead atoms. The second-order valence-electron chi connectivity index (χ2n) is 3.93. The van der Waals surface area contributed by atoms with E-state index >= 15 is 0 Å². The monoisotopic (exact) mass is 152 g/mol. The molecule has 0 aromatic heterocycles. The summed E-state index contributed by atoms with van der Waals surface area (Å²) in [5, 5.41) is 0. The van der Waals surface area contributed by atoms with Crippen LogP contribution in [0.25, 0.3) is 0 Å². The summed E-state index contributed by atoms with van der Waals surface area (Å²) in [5.41, 5.74) is 5.81. The van der Waals surface area contributed by atoms with Gasteiger partial charge in [0.25, 0.3) is 0 Å². The van der Waals surface area contributed by atoms with Crippen LogP contribution in [0.5, 0.6) is 0 Å². The van der Waals surface area contributed by atoms with Crippen LogP contribution in [0.3, 0.4) is 0 Å². The molecule has 2 aliphatic carbocycles. The van der Waals surface area contributed by atoms with Gasteiger partial charge in [-0.15, -0.1) is 0 Å². The highest BCUT2D eigenvalue weighted by molar-refractivity contribution is 5.83. The summed E-state index contributed by atoms with van der Waals surface area (Å²) in [4.78, 5) is 4.08. The van der Waals surface area contributed by atoms with Gasteiger partial charge in [0.2, 0.25) is 0 Å². The fourth-order valence-corrected chi connectivity index (χ4v) is 2.77. The highest BCUT2D eigenvalue weighted by atomic mass is 14.8. The number of nitrogens with zero attached hydrogens (tertiary/aromatic N) is 1. The molecular weight excluding hydrogens is 136 g/mol. The number of fused-ring (bicyclic) bond motifs is 2. The average Bonchev–Trinajstić information content (AvgIpc) is 2.62. The average molecular weight is 152 g/mol. The Morgan fingerprint density at radius 2 is 2.18 bits per heavy atom. The zero-order chi connectivity index (χ0) is 7.84. The van der Waals surface area contributed by atoms with Gasteiger partial charge in [0.1, 0.15) is 0 Å². The van der Waals surface area contributed by atoms with Crippen molar-refractivity contribution in [1.29, 1.82) is 0 Å². The number of hydrogen-bond donors (Lipinski definition) is 1. The maximum absolute atomic E-state index is 5.81. The maximum Gasteiger partial charge on any atom is 0.0967 e. The lowest BCUT2D eigenvalue weighted by molar-refractivity contribution is 0.413. The Balaban J connectivity index is 2.08. The Kier molecular flexibility index (Phi) is 1.63. The van der Waals surface area contributed by atoms with Gasteiger partial charge in [-0.05, 0) is 31.1 Å². The molecule has 11 heavy (non-hydrogen) atoms. The van der Waals surface area contributed by atoms with Gasteiger partial charge in [0.15, 0.2) is 0 Å². The third-order valence-corrected chi connectivity index (χ3v) is 3.38. The van der Waals surface area contributed by atoms with E-state index in [2.05, 4.69) is 4.99 Å². The van der Waals surface area contributed by atoms with Crippen molar-refractivity contribution in [2.75, 3.05) is 7.05 Å². The Bertz CT molecular complexity index is 186. The molecule has 0 aliphatic heterocycles. The Morgan fingerprint density at radius 3 is 2.64 bits per heavy atom. The minimum Gasteiger partial charge on any atom is -0.387 e. The minimum atomic E-state index is 0.638. The molecule has 0 aromatic rings. The van der Waals surface area contributed by atoms with Crippen LogP contribution >= 0.6 is 0 Å². The summed E-state index contributed by atoms with van der Waals surface area (Å²) in [6.07, 6.45) is 5.57. The van der Waals surface area contributed by atoms with Gasteiger partial charge in [-0.3, -0.25) is 4.99 Å². The molecule has 3 atom stereocenters. The van der Waals surface area contributed by atoms with E-state index in [9.17, 15) is 0 Å². The molecule has 2 heteroatoms. The van der Waals surface area contributed by atoms with E-state index in [0.717, 1.165) is 17.7 Å². The van der Waals surface area contributed by atoms with Gasteiger partial charge in [-0.2, -0.15) is 0 Å². The zero-order valence-electron chi connectivity index (χ0n) is 7.09. The number of amidine groups is 1. The smallest absolute Gasteiger partial charge is 0.0967 e. The van der Waals surface area contributed by atoms with Gasteiger partial charge >= 0.3 is 0 Å². The molecule has 2 saturated carbocycles. The van der Waals surface area contributed by atoms with Crippen molar-refractivity contribution < 1.29 is 0 Å². The van der Waals surface area contributed by atoms with Crippen LogP contribution in [-0.4, -0.2) is 12.9 Å². The Morgan fingerprint density at radius 1 is 1.36 bits per heavy atom. The van der Waals surface area contributed by atoms with Crippen LogP contribution in [0.1, 0.15) is 25.7 Å². The summed E-state index contributed by atoms with van der Waals surface area (Å²) in [6, 6.07) is 0. The SMILES string of the molecule is CN=C(N)C1CC2CCC1C2. The lowest BCUT2D eigenvalue weighted by Crippen LogP contribution is -2.27. The van der Waals surface area contributed by atoms with Crippen LogP contribution in [-0.2, 0) is 0 Å². The number of hydrogen-bond acceptors (Lipinski definition) is 1. The lowest BCUT2D eigenvalue weighted by atomic mass is 9.88. The topological polar surface area (TPSA) is 38.4 Å². The normalized spacial score (nSPS) is 43.4. The maximum atomic E-state index is 5.81. The lowest BCUT2D eigenvalue weighted by Gasteiger charge is -2.20. The van der Waals surface area contributed by atoms with Crippen molar-refractivity contribution in [2.45, 2.75) is 25.7 Å². The molecule has 2 nitrogen and oxygen atoms in total. The van der Waals surface area contributed by atoms with E-state index in [1.807, 2.05) is 0 Å². The second-order valence-corrected chi connectivity index (χ2v) is 3.93. The highest BCUT2D eigenvalue weighted by Crippen LogP contribution is 2.48.